The molecule has 0 bridgehead atoms. The van der Waals surface area contributed by atoms with Crippen LogP contribution in [0.15, 0.2) is 15.2 Å². The second-order valence-electron chi connectivity index (χ2n) is 3.74. The molecule has 0 aliphatic carbocycles. The Kier molecular flexibility index (Phi) is 3.51. The van der Waals surface area contributed by atoms with Crippen LogP contribution in [0.4, 0.5) is 0 Å². The van der Waals surface area contributed by atoms with Gasteiger partial charge in [0.1, 0.15) is 0 Å². The Morgan fingerprint density at radius 3 is 2.69 bits per heavy atom. The number of hydrogen-bond donors (Lipinski definition) is 2. The quantitative estimate of drug-likeness (QED) is 0.881. The second-order valence-corrected chi connectivity index (χ2v) is 5.98. The molecular weight excluding hydrogens is 250 g/mol. The first-order chi connectivity index (χ1) is 5.99. The SMILES string of the molecule is CC(C)(CN)C(O)c1ccsc1Br. The van der Waals surface area contributed by atoms with Crippen LogP contribution in [0.3, 0.4) is 0 Å². The Balaban J connectivity index is 2.91. The van der Waals surface area contributed by atoms with Gasteiger partial charge in [-0.2, -0.15) is 0 Å². The monoisotopic (exact) mass is 263 g/mol. The Bertz CT molecular complexity index is 285. The van der Waals surface area contributed by atoms with Crippen molar-refractivity contribution in [3.05, 3.63) is 20.8 Å². The minimum atomic E-state index is -0.502. The third-order valence-electron chi connectivity index (χ3n) is 2.21. The van der Waals surface area contributed by atoms with Crippen LogP contribution in [-0.2, 0) is 0 Å². The summed E-state index contributed by atoms with van der Waals surface area (Å²) in [5.74, 6) is 0. The van der Waals surface area contributed by atoms with Gasteiger partial charge in [0.05, 0.1) is 9.89 Å². The highest BCUT2D eigenvalue weighted by Gasteiger charge is 2.29. The fourth-order valence-corrected chi connectivity index (χ4v) is 2.35. The van der Waals surface area contributed by atoms with E-state index in [1.165, 1.54) is 0 Å². The predicted octanol–water partition coefficient (Wildman–Crippen LogP) is 2.53. The Labute approximate surface area is 90.9 Å². The number of thiophene rings is 1. The third-order valence-corrected chi connectivity index (χ3v) is 3.94. The lowest BCUT2D eigenvalue weighted by Crippen LogP contribution is -2.30. The molecule has 1 unspecified atom stereocenters. The summed E-state index contributed by atoms with van der Waals surface area (Å²) in [6, 6.07) is 1.93. The van der Waals surface area contributed by atoms with Crippen molar-refractivity contribution in [2.24, 2.45) is 11.1 Å². The van der Waals surface area contributed by atoms with Gasteiger partial charge < -0.3 is 10.8 Å². The maximum atomic E-state index is 10.0. The van der Waals surface area contributed by atoms with E-state index in [4.69, 9.17) is 5.73 Å². The standard InChI is InChI=1S/C9H14BrNOS/c1-9(2,5-11)7(12)6-3-4-13-8(6)10/h3-4,7,12H,5,11H2,1-2H3. The Hall–Kier alpha value is 0.100. The summed E-state index contributed by atoms with van der Waals surface area (Å²) < 4.78 is 0.988. The van der Waals surface area contributed by atoms with Crippen LogP contribution >= 0.6 is 27.3 Å². The Morgan fingerprint density at radius 1 is 1.69 bits per heavy atom. The van der Waals surface area contributed by atoms with E-state index in [1.807, 2.05) is 25.3 Å². The van der Waals surface area contributed by atoms with Gasteiger partial charge in [-0.15, -0.1) is 11.3 Å². The molecule has 0 amide bonds. The molecule has 2 nitrogen and oxygen atoms in total. The van der Waals surface area contributed by atoms with Gasteiger partial charge in [-0.05, 0) is 27.4 Å². The molecule has 13 heavy (non-hydrogen) atoms. The average Bonchev–Trinajstić information content (AvgIpc) is 2.50. The molecule has 0 aromatic carbocycles. The molecule has 0 spiro atoms. The number of aliphatic hydroxyl groups is 1. The van der Waals surface area contributed by atoms with Crippen LogP contribution in [0.2, 0.25) is 0 Å². The molecule has 1 heterocycles. The van der Waals surface area contributed by atoms with Gasteiger partial charge in [-0.1, -0.05) is 13.8 Å². The van der Waals surface area contributed by atoms with Gasteiger partial charge in [0, 0.05) is 17.5 Å². The maximum Gasteiger partial charge on any atom is 0.0872 e. The summed E-state index contributed by atoms with van der Waals surface area (Å²) >= 11 is 4.98. The molecule has 0 saturated heterocycles. The number of hydrogen-bond acceptors (Lipinski definition) is 3. The van der Waals surface area contributed by atoms with E-state index >= 15 is 0 Å². The second kappa shape index (κ2) is 4.09. The third kappa shape index (κ3) is 2.31. The topological polar surface area (TPSA) is 46.2 Å². The smallest absolute Gasteiger partial charge is 0.0872 e. The summed E-state index contributed by atoms with van der Waals surface area (Å²) in [6.45, 7) is 4.39. The van der Waals surface area contributed by atoms with E-state index in [1.54, 1.807) is 11.3 Å². The molecule has 0 aliphatic rings. The van der Waals surface area contributed by atoms with Gasteiger partial charge in [0.15, 0.2) is 0 Å². The summed E-state index contributed by atoms with van der Waals surface area (Å²) in [5, 5.41) is 12.0. The van der Waals surface area contributed by atoms with Crippen molar-refractivity contribution >= 4 is 27.3 Å². The number of halogens is 1. The Morgan fingerprint density at radius 2 is 2.31 bits per heavy atom. The minimum absolute atomic E-state index is 0.274. The highest BCUT2D eigenvalue weighted by Crippen LogP contribution is 2.38. The molecule has 0 aliphatic heterocycles. The van der Waals surface area contributed by atoms with Crippen molar-refractivity contribution in [2.45, 2.75) is 20.0 Å². The van der Waals surface area contributed by atoms with E-state index in [2.05, 4.69) is 15.9 Å². The zero-order valence-corrected chi connectivity index (χ0v) is 10.2. The highest BCUT2D eigenvalue weighted by molar-refractivity contribution is 9.11. The number of nitrogens with two attached hydrogens (primary N) is 1. The minimum Gasteiger partial charge on any atom is -0.388 e. The maximum absolute atomic E-state index is 10.0. The lowest BCUT2D eigenvalue weighted by atomic mass is 9.84. The fourth-order valence-electron chi connectivity index (χ4n) is 1.03. The van der Waals surface area contributed by atoms with Crippen LogP contribution < -0.4 is 5.73 Å². The molecule has 3 N–H and O–H groups in total. The number of rotatable bonds is 3. The van der Waals surface area contributed by atoms with Crippen LogP contribution in [-0.4, -0.2) is 11.7 Å². The van der Waals surface area contributed by atoms with Crippen molar-refractivity contribution in [1.82, 2.24) is 0 Å². The van der Waals surface area contributed by atoms with Crippen molar-refractivity contribution in [3.8, 4) is 0 Å². The van der Waals surface area contributed by atoms with Crippen LogP contribution in [0, 0.1) is 5.41 Å². The largest absolute Gasteiger partial charge is 0.388 e. The zero-order chi connectivity index (χ0) is 10.1. The summed E-state index contributed by atoms with van der Waals surface area (Å²) in [7, 11) is 0. The van der Waals surface area contributed by atoms with Gasteiger partial charge in [-0.25, -0.2) is 0 Å². The fraction of sp³-hybridized carbons (Fsp3) is 0.556. The molecular formula is C9H14BrNOS. The molecule has 1 aromatic heterocycles. The first kappa shape index (κ1) is 11.2. The number of aliphatic hydroxyl groups excluding tert-OH is 1. The summed E-state index contributed by atoms with van der Waals surface area (Å²) in [6.07, 6.45) is -0.502. The highest BCUT2D eigenvalue weighted by atomic mass is 79.9. The summed E-state index contributed by atoms with van der Waals surface area (Å²) in [4.78, 5) is 0. The lowest BCUT2D eigenvalue weighted by molar-refractivity contribution is 0.0553. The van der Waals surface area contributed by atoms with Gasteiger partial charge in [-0.3, -0.25) is 0 Å². The van der Waals surface area contributed by atoms with Crippen molar-refractivity contribution < 1.29 is 5.11 Å². The molecule has 0 saturated carbocycles. The molecule has 0 radical (unpaired) electrons. The van der Waals surface area contributed by atoms with Gasteiger partial charge in [0.2, 0.25) is 0 Å². The predicted molar refractivity (Wildman–Crippen MR) is 59.8 cm³/mol. The van der Waals surface area contributed by atoms with Crippen molar-refractivity contribution in [2.75, 3.05) is 6.54 Å². The van der Waals surface area contributed by atoms with E-state index < -0.39 is 6.10 Å². The first-order valence-electron chi connectivity index (χ1n) is 4.10. The van der Waals surface area contributed by atoms with Crippen LogP contribution in [0.1, 0.15) is 25.5 Å². The van der Waals surface area contributed by atoms with E-state index in [9.17, 15) is 5.11 Å². The molecule has 1 rings (SSSR count). The zero-order valence-electron chi connectivity index (χ0n) is 7.75. The lowest BCUT2D eigenvalue weighted by Gasteiger charge is -2.28. The van der Waals surface area contributed by atoms with Crippen molar-refractivity contribution in [3.63, 3.8) is 0 Å². The molecule has 0 fully saturated rings. The van der Waals surface area contributed by atoms with Gasteiger partial charge >= 0.3 is 0 Å². The molecule has 1 aromatic rings. The molecule has 74 valence electrons. The molecule has 1 atom stereocenters. The van der Waals surface area contributed by atoms with E-state index in [-0.39, 0.29) is 5.41 Å². The van der Waals surface area contributed by atoms with E-state index in [0.717, 1.165) is 9.35 Å². The first-order valence-corrected chi connectivity index (χ1v) is 5.77. The van der Waals surface area contributed by atoms with Crippen LogP contribution in [0.25, 0.3) is 0 Å². The van der Waals surface area contributed by atoms with Crippen molar-refractivity contribution in [1.29, 1.82) is 0 Å². The average molecular weight is 264 g/mol. The van der Waals surface area contributed by atoms with E-state index in [0.29, 0.717) is 6.54 Å². The normalized spacial score (nSPS) is 14.5. The molecule has 4 heteroatoms. The van der Waals surface area contributed by atoms with Crippen LogP contribution in [0.5, 0.6) is 0 Å². The summed E-state index contributed by atoms with van der Waals surface area (Å²) in [5.41, 5.74) is 6.25. The van der Waals surface area contributed by atoms with Gasteiger partial charge in [0.25, 0.3) is 0 Å².